The van der Waals surface area contributed by atoms with Gasteiger partial charge in [0.15, 0.2) is 5.13 Å². The van der Waals surface area contributed by atoms with E-state index >= 15 is 0 Å². The molecule has 2 rings (SSSR count). The van der Waals surface area contributed by atoms with Crippen LogP contribution in [0.4, 0.5) is 14.7 Å². The lowest BCUT2D eigenvalue weighted by molar-refractivity contribution is -0.114. The highest BCUT2D eigenvalue weighted by molar-refractivity contribution is 7.13. The number of benzene rings is 1. The van der Waals surface area contributed by atoms with Gasteiger partial charge >= 0.3 is 12.2 Å². The number of carbonyl (C=O) groups is 3. The second-order valence-electron chi connectivity index (χ2n) is 7.82. The molecule has 0 aliphatic rings. The summed E-state index contributed by atoms with van der Waals surface area (Å²) in [4.78, 5) is 39.8. The molecule has 2 aromatic rings. The second kappa shape index (κ2) is 10.3. The number of thiazole rings is 1. The molecule has 0 bridgehead atoms. The van der Waals surface area contributed by atoms with E-state index in [1.54, 1.807) is 45.9 Å². The smallest absolute Gasteiger partial charge is 0.434 e. The number of amides is 3. The van der Waals surface area contributed by atoms with Crippen LogP contribution in [0.3, 0.4) is 0 Å². The molecule has 0 aliphatic carbocycles. The predicted octanol–water partition coefficient (Wildman–Crippen LogP) is 4.40. The summed E-state index contributed by atoms with van der Waals surface area (Å²) < 4.78 is 5.46. The number of nitrogens with one attached hydrogen (secondary N) is 1. The molecule has 0 unspecified atom stereocenters. The molecule has 1 aromatic heterocycles. The predicted molar refractivity (Wildman–Crippen MR) is 118 cm³/mol. The van der Waals surface area contributed by atoms with Gasteiger partial charge in [-0.25, -0.2) is 24.6 Å². The topological polar surface area (TPSA) is 112 Å². The minimum absolute atomic E-state index is 0.141. The summed E-state index contributed by atoms with van der Waals surface area (Å²) in [5, 5.41) is 16.7. The van der Waals surface area contributed by atoms with Gasteiger partial charge in [-0.05, 0) is 58.2 Å². The Morgan fingerprint density at radius 2 is 1.94 bits per heavy atom. The zero-order valence-corrected chi connectivity index (χ0v) is 19.2. The molecule has 0 radical (unpaired) electrons. The van der Waals surface area contributed by atoms with E-state index in [0.717, 1.165) is 21.3 Å². The van der Waals surface area contributed by atoms with Crippen molar-refractivity contribution in [2.75, 3.05) is 11.9 Å². The number of rotatable bonds is 6. The summed E-state index contributed by atoms with van der Waals surface area (Å²) >= 11 is 1.37. The average Bonchev–Trinajstić information content (AvgIpc) is 3.09. The minimum Gasteiger partial charge on any atom is -0.464 e. The summed E-state index contributed by atoms with van der Waals surface area (Å²) in [6, 6.07) is 7.08. The number of carboxylic acid groups (broad SMARTS) is 1. The van der Waals surface area contributed by atoms with Gasteiger partial charge in [0, 0.05) is 18.8 Å². The number of ether oxygens (including phenoxy) is 1. The maximum absolute atomic E-state index is 12.7. The van der Waals surface area contributed by atoms with E-state index in [2.05, 4.69) is 10.3 Å². The highest BCUT2D eigenvalue weighted by Crippen LogP contribution is 2.21. The molecule has 9 nitrogen and oxygen atoms in total. The van der Waals surface area contributed by atoms with Crippen molar-refractivity contribution in [3.05, 3.63) is 40.9 Å². The van der Waals surface area contributed by atoms with E-state index < -0.39 is 17.7 Å². The maximum atomic E-state index is 12.7. The molecular weight excluding hydrogens is 420 g/mol. The van der Waals surface area contributed by atoms with Crippen molar-refractivity contribution in [2.24, 2.45) is 0 Å². The Morgan fingerprint density at radius 1 is 1.23 bits per heavy atom. The average molecular weight is 449 g/mol. The summed E-state index contributed by atoms with van der Waals surface area (Å²) in [5.74, 6) is 0.168. The van der Waals surface area contributed by atoms with Gasteiger partial charge in [0.25, 0.3) is 0 Å². The Hall–Kier alpha value is -3.14. The number of aryl methyl sites for hydroxylation is 2. The first-order valence-electron chi connectivity index (χ1n) is 9.84. The van der Waals surface area contributed by atoms with Crippen LogP contribution >= 0.6 is 11.3 Å². The molecule has 0 atom stereocenters. The van der Waals surface area contributed by atoms with Crippen LogP contribution in [0, 0.1) is 0 Å². The van der Waals surface area contributed by atoms with Gasteiger partial charge in [-0.15, -0.1) is 11.3 Å². The maximum Gasteiger partial charge on any atom is 0.434 e. The number of hydrogen-bond donors (Lipinski definition) is 2. The van der Waals surface area contributed by atoms with Crippen molar-refractivity contribution in [3.8, 4) is 5.75 Å². The lowest BCUT2D eigenvalue weighted by atomic mass is 10.1. The highest BCUT2D eigenvalue weighted by atomic mass is 32.1. The number of hydrazine groups is 1. The zero-order chi connectivity index (χ0) is 23.2. The largest absolute Gasteiger partial charge is 0.464 e. The van der Waals surface area contributed by atoms with Crippen molar-refractivity contribution in [1.29, 1.82) is 0 Å². The number of carbonyl (C=O) groups excluding carboxylic acids is 2. The molecule has 1 heterocycles. The van der Waals surface area contributed by atoms with Crippen molar-refractivity contribution in [2.45, 2.75) is 53.0 Å². The number of nitrogens with zero attached hydrogens (tertiary/aromatic N) is 3. The van der Waals surface area contributed by atoms with Crippen LogP contribution in [0.1, 0.15) is 45.9 Å². The van der Waals surface area contributed by atoms with E-state index in [4.69, 9.17) is 4.74 Å². The van der Waals surface area contributed by atoms with E-state index in [-0.39, 0.29) is 12.5 Å². The van der Waals surface area contributed by atoms with Crippen LogP contribution in [0.25, 0.3) is 0 Å². The van der Waals surface area contributed by atoms with Gasteiger partial charge in [-0.3, -0.25) is 4.79 Å². The highest BCUT2D eigenvalue weighted by Gasteiger charge is 2.35. The third-order valence-corrected chi connectivity index (χ3v) is 4.98. The first-order valence-corrected chi connectivity index (χ1v) is 10.7. The third kappa shape index (κ3) is 6.95. The van der Waals surface area contributed by atoms with Gasteiger partial charge in [0.05, 0.1) is 11.2 Å². The SMILES string of the molecule is CCN(C(=O)Oc1cccc(CCc2csc(NC(C)=O)n2)c1)N(C(=O)O)C(C)(C)C. The molecule has 0 spiro atoms. The molecule has 0 fully saturated rings. The Bertz CT molecular complexity index is 938. The molecule has 0 saturated heterocycles. The summed E-state index contributed by atoms with van der Waals surface area (Å²) in [6.07, 6.45) is -0.681. The number of hydrogen-bond acceptors (Lipinski definition) is 6. The Labute approximate surface area is 185 Å². The first-order chi connectivity index (χ1) is 14.5. The van der Waals surface area contributed by atoms with Gasteiger partial charge in [-0.1, -0.05) is 12.1 Å². The van der Waals surface area contributed by atoms with Gasteiger partial charge < -0.3 is 15.2 Å². The minimum atomic E-state index is -1.23. The molecule has 31 heavy (non-hydrogen) atoms. The fourth-order valence-electron chi connectivity index (χ4n) is 2.92. The summed E-state index contributed by atoms with van der Waals surface area (Å²) in [7, 11) is 0. The molecule has 10 heteroatoms. The number of aromatic nitrogens is 1. The molecule has 2 N–H and O–H groups in total. The molecule has 0 aliphatic heterocycles. The van der Waals surface area contributed by atoms with Crippen LogP contribution in [-0.4, -0.2) is 50.3 Å². The van der Waals surface area contributed by atoms with Gasteiger partial charge in [-0.2, -0.15) is 0 Å². The van der Waals surface area contributed by atoms with E-state index in [0.29, 0.717) is 23.7 Å². The van der Waals surface area contributed by atoms with Crippen molar-refractivity contribution in [3.63, 3.8) is 0 Å². The van der Waals surface area contributed by atoms with Crippen LogP contribution in [-0.2, 0) is 17.6 Å². The molecule has 0 saturated carbocycles. The summed E-state index contributed by atoms with van der Waals surface area (Å²) in [6.45, 7) is 8.37. The van der Waals surface area contributed by atoms with Crippen LogP contribution < -0.4 is 10.1 Å². The van der Waals surface area contributed by atoms with Crippen molar-refractivity contribution in [1.82, 2.24) is 15.0 Å². The summed E-state index contributed by atoms with van der Waals surface area (Å²) in [5.41, 5.74) is 0.982. The first kappa shape index (κ1) is 24.1. The molecule has 3 amide bonds. The number of anilines is 1. The quantitative estimate of drug-likeness (QED) is 0.634. The van der Waals surface area contributed by atoms with E-state index in [1.807, 2.05) is 11.4 Å². The molecule has 168 valence electrons. The van der Waals surface area contributed by atoms with E-state index in [9.17, 15) is 19.5 Å². The standard InChI is InChI=1S/C21H28N4O5S/c1-6-24(25(19(27)28)21(3,4)5)20(29)30-17-9-7-8-15(12-17)10-11-16-13-31-18(23-16)22-14(2)26/h7-9,12-13H,6,10-11H2,1-5H3,(H,27,28)(H,22,23,26). The Balaban J connectivity index is 2.05. The second-order valence-corrected chi connectivity index (χ2v) is 8.68. The molecular formula is C21H28N4O5S. The fourth-order valence-corrected chi connectivity index (χ4v) is 3.72. The Kier molecular flexibility index (Phi) is 7.98. The lowest BCUT2D eigenvalue weighted by Gasteiger charge is -2.39. The van der Waals surface area contributed by atoms with Crippen molar-refractivity contribution >= 4 is 34.6 Å². The zero-order valence-electron chi connectivity index (χ0n) is 18.3. The normalized spacial score (nSPS) is 11.0. The molecule has 1 aromatic carbocycles. The van der Waals surface area contributed by atoms with Crippen LogP contribution in [0.15, 0.2) is 29.6 Å². The monoisotopic (exact) mass is 448 g/mol. The fraction of sp³-hybridized carbons (Fsp3) is 0.429. The van der Waals surface area contributed by atoms with Gasteiger partial charge in [0.1, 0.15) is 5.75 Å². The van der Waals surface area contributed by atoms with Crippen LogP contribution in [0.5, 0.6) is 5.75 Å². The Morgan fingerprint density at radius 3 is 2.52 bits per heavy atom. The van der Waals surface area contributed by atoms with E-state index in [1.165, 1.54) is 18.3 Å². The van der Waals surface area contributed by atoms with Crippen molar-refractivity contribution < 1.29 is 24.2 Å². The van der Waals surface area contributed by atoms with Gasteiger partial charge in [0.2, 0.25) is 5.91 Å². The van der Waals surface area contributed by atoms with Crippen LogP contribution in [0.2, 0.25) is 0 Å². The third-order valence-electron chi connectivity index (χ3n) is 4.18. The lowest BCUT2D eigenvalue weighted by Crippen LogP contribution is -2.58.